The number of ketones is 1. The fraction of sp³-hybridized carbons (Fsp3) is 0.214. The Morgan fingerprint density at radius 2 is 1.51 bits per heavy atom. The minimum absolute atomic E-state index is 0.0488. The van der Waals surface area contributed by atoms with Crippen LogP contribution in [0.15, 0.2) is 72.8 Å². The van der Waals surface area contributed by atoms with E-state index in [0.717, 1.165) is 59.9 Å². The highest BCUT2D eigenvalue weighted by Gasteiger charge is 2.24. The second kappa shape index (κ2) is 10.1. The monoisotopic (exact) mass is 515 g/mol. The lowest BCUT2D eigenvalue weighted by Gasteiger charge is -2.37. The second-order valence-corrected chi connectivity index (χ2v) is 9.49. The number of benzene rings is 3. The van der Waals surface area contributed by atoms with Crippen LogP contribution in [0.3, 0.4) is 0 Å². The van der Waals surface area contributed by atoms with Gasteiger partial charge in [0.15, 0.2) is 5.78 Å². The number of carbonyl (C=O) groups is 1. The first-order valence-corrected chi connectivity index (χ1v) is 12.4. The van der Waals surface area contributed by atoms with Crippen molar-refractivity contribution in [1.82, 2.24) is 9.78 Å². The molecule has 4 aromatic rings. The number of aryl methyl sites for hydroxylation is 1. The molecular formula is C28H26ClN5O3. The van der Waals surface area contributed by atoms with Crippen LogP contribution in [0.4, 0.5) is 17.1 Å². The molecule has 0 spiro atoms. The third-order valence-electron chi connectivity index (χ3n) is 6.70. The topological polar surface area (TPSA) is 84.5 Å². The number of aromatic nitrogens is 2. The Kier molecular flexibility index (Phi) is 6.67. The minimum atomic E-state index is -0.382. The predicted octanol–water partition coefficient (Wildman–Crippen LogP) is 5.84. The number of nitro groups is 1. The third kappa shape index (κ3) is 4.93. The summed E-state index contributed by atoms with van der Waals surface area (Å²) in [6, 6.07) is 22.4. The van der Waals surface area contributed by atoms with E-state index in [1.807, 2.05) is 36.4 Å². The van der Waals surface area contributed by atoms with Crippen LogP contribution in [0.25, 0.3) is 22.4 Å². The highest BCUT2D eigenvalue weighted by molar-refractivity contribution is 6.30. The maximum atomic E-state index is 12.6. The van der Waals surface area contributed by atoms with E-state index in [2.05, 4.69) is 21.9 Å². The minimum Gasteiger partial charge on any atom is -0.368 e. The summed E-state index contributed by atoms with van der Waals surface area (Å²) >= 11 is 6.10. The van der Waals surface area contributed by atoms with Gasteiger partial charge in [-0.05, 0) is 42.0 Å². The van der Waals surface area contributed by atoms with Crippen LogP contribution in [-0.2, 0) is 7.05 Å². The number of Topliss-reactive ketones (excluding diaryl/α,β-unsaturated/α-hetero) is 1. The smallest absolute Gasteiger partial charge is 0.269 e. The van der Waals surface area contributed by atoms with E-state index in [0.29, 0.717) is 10.7 Å². The molecule has 1 saturated heterocycles. The predicted molar refractivity (Wildman–Crippen MR) is 147 cm³/mol. The number of hydrogen-bond acceptors (Lipinski definition) is 6. The van der Waals surface area contributed by atoms with Gasteiger partial charge in [0.05, 0.1) is 4.92 Å². The first-order valence-electron chi connectivity index (χ1n) is 12.0. The van der Waals surface area contributed by atoms with E-state index in [-0.39, 0.29) is 16.4 Å². The van der Waals surface area contributed by atoms with Crippen molar-refractivity contribution in [3.63, 3.8) is 0 Å². The average molecular weight is 516 g/mol. The molecule has 1 fully saturated rings. The number of anilines is 2. The quantitative estimate of drug-likeness (QED) is 0.182. The largest absolute Gasteiger partial charge is 0.368 e. The van der Waals surface area contributed by atoms with Crippen LogP contribution in [0.5, 0.6) is 0 Å². The maximum absolute atomic E-state index is 12.6. The van der Waals surface area contributed by atoms with E-state index < -0.39 is 0 Å². The molecular weight excluding hydrogens is 490 g/mol. The Bertz CT molecular complexity index is 1460. The van der Waals surface area contributed by atoms with Gasteiger partial charge in [0, 0.05) is 79.8 Å². The van der Waals surface area contributed by atoms with Crippen molar-refractivity contribution < 1.29 is 9.72 Å². The first-order chi connectivity index (χ1) is 17.8. The lowest BCUT2D eigenvalue weighted by atomic mass is 9.97. The average Bonchev–Trinajstić information content (AvgIpc) is 3.26. The number of rotatable bonds is 6. The number of carbonyl (C=O) groups excluding carboxylic acids is 1. The molecule has 2 heterocycles. The lowest BCUT2D eigenvalue weighted by Crippen LogP contribution is -2.46. The highest BCUT2D eigenvalue weighted by Crippen LogP contribution is 2.37. The van der Waals surface area contributed by atoms with Gasteiger partial charge in [-0.2, -0.15) is 5.10 Å². The standard InChI is InChI=1S/C28H26ClN5O3/c1-19(35)28-26(27(30-31(28)2)20-6-8-22(29)9-7-20)21-4-3-5-25(18-21)33-16-14-32(15-17-33)23-10-12-24(13-11-23)34(36)37/h3-13,18H,14-17H2,1-2H3. The van der Waals surface area contributed by atoms with Gasteiger partial charge in [0.25, 0.3) is 5.69 Å². The molecule has 1 aliphatic heterocycles. The second-order valence-electron chi connectivity index (χ2n) is 9.06. The van der Waals surface area contributed by atoms with Gasteiger partial charge in [-0.3, -0.25) is 19.6 Å². The SMILES string of the molecule is CC(=O)c1c(-c2cccc(N3CCN(c4ccc([N+](=O)[O-])cc4)CC3)c2)c(-c2ccc(Cl)cc2)nn1C. The van der Waals surface area contributed by atoms with E-state index in [9.17, 15) is 14.9 Å². The van der Waals surface area contributed by atoms with Crippen molar-refractivity contribution in [1.29, 1.82) is 0 Å². The summed E-state index contributed by atoms with van der Waals surface area (Å²) in [5.41, 5.74) is 6.08. The Morgan fingerprint density at radius 1 is 0.892 bits per heavy atom. The molecule has 0 aliphatic carbocycles. The molecule has 0 bridgehead atoms. The van der Waals surface area contributed by atoms with Crippen molar-refractivity contribution in [3.05, 3.63) is 93.6 Å². The molecule has 8 nitrogen and oxygen atoms in total. The van der Waals surface area contributed by atoms with E-state index in [1.165, 1.54) is 0 Å². The molecule has 37 heavy (non-hydrogen) atoms. The summed E-state index contributed by atoms with van der Waals surface area (Å²) in [7, 11) is 1.79. The summed E-state index contributed by atoms with van der Waals surface area (Å²) in [5, 5.41) is 16.3. The Morgan fingerprint density at radius 3 is 2.11 bits per heavy atom. The maximum Gasteiger partial charge on any atom is 0.269 e. The van der Waals surface area contributed by atoms with Crippen LogP contribution in [-0.4, -0.2) is 46.7 Å². The molecule has 0 unspecified atom stereocenters. The number of hydrogen-bond donors (Lipinski definition) is 0. The normalized spacial score (nSPS) is 13.6. The van der Waals surface area contributed by atoms with Crippen LogP contribution in [0, 0.1) is 10.1 Å². The fourth-order valence-corrected chi connectivity index (χ4v) is 5.00. The Balaban J connectivity index is 1.42. The molecule has 0 saturated carbocycles. The van der Waals surface area contributed by atoms with Crippen LogP contribution in [0.1, 0.15) is 17.4 Å². The number of non-ortho nitro benzene ring substituents is 1. The molecule has 3 aromatic carbocycles. The highest BCUT2D eigenvalue weighted by atomic mass is 35.5. The summed E-state index contributed by atoms with van der Waals surface area (Å²) in [6.07, 6.45) is 0. The van der Waals surface area contributed by atoms with Gasteiger partial charge in [-0.15, -0.1) is 0 Å². The number of halogens is 1. The van der Waals surface area contributed by atoms with Gasteiger partial charge < -0.3 is 9.80 Å². The number of nitrogens with zero attached hydrogens (tertiary/aromatic N) is 5. The van der Waals surface area contributed by atoms with Gasteiger partial charge >= 0.3 is 0 Å². The molecule has 0 atom stereocenters. The molecule has 188 valence electrons. The molecule has 1 aliphatic rings. The molecule has 1 aromatic heterocycles. The first kappa shape index (κ1) is 24.5. The fourth-order valence-electron chi connectivity index (χ4n) is 4.88. The summed E-state index contributed by atoms with van der Waals surface area (Å²) < 4.78 is 1.65. The number of piperazine rings is 1. The van der Waals surface area contributed by atoms with E-state index >= 15 is 0 Å². The van der Waals surface area contributed by atoms with Crippen molar-refractivity contribution in [3.8, 4) is 22.4 Å². The molecule has 9 heteroatoms. The lowest BCUT2D eigenvalue weighted by molar-refractivity contribution is -0.384. The van der Waals surface area contributed by atoms with Crippen LogP contribution < -0.4 is 9.80 Å². The van der Waals surface area contributed by atoms with Gasteiger partial charge in [0.2, 0.25) is 0 Å². The zero-order valence-corrected chi connectivity index (χ0v) is 21.4. The number of nitro benzene ring substituents is 1. The van der Waals surface area contributed by atoms with Crippen molar-refractivity contribution in [2.75, 3.05) is 36.0 Å². The van der Waals surface area contributed by atoms with Crippen LogP contribution in [0.2, 0.25) is 5.02 Å². The van der Waals surface area contributed by atoms with E-state index in [4.69, 9.17) is 16.7 Å². The van der Waals surface area contributed by atoms with Crippen LogP contribution >= 0.6 is 11.6 Å². The van der Waals surface area contributed by atoms with Gasteiger partial charge in [0.1, 0.15) is 11.4 Å². The van der Waals surface area contributed by atoms with Gasteiger partial charge in [-0.25, -0.2) is 0 Å². The van der Waals surface area contributed by atoms with E-state index in [1.54, 1.807) is 42.9 Å². The zero-order chi connectivity index (χ0) is 26.1. The summed E-state index contributed by atoms with van der Waals surface area (Å²) in [4.78, 5) is 27.8. The molecule has 0 N–H and O–H groups in total. The molecule has 0 amide bonds. The van der Waals surface area contributed by atoms with Gasteiger partial charge in [-0.1, -0.05) is 35.9 Å². The van der Waals surface area contributed by atoms with Crippen molar-refractivity contribution >= 4 is 34.4 Å². The zero-order valence-electron chi connectivity index (χ0n) is 20.6. The van der Waals surface area contributed by atoms with Crippen molar-refractivity contribution in [2.24, 2.45) is 7.05 Å². The van der Waals surface area contributed by atoms with Crippen molar-refractivity contribution in [2.45, 2.75) is 6.92 Å². The Labute approximate surface area is 219 Å². The molecule has 5 rings (SSSR count). The molecule has 0 radical (unpaired) electrons. The summed E-state index contributed by atoms with van der Waals surface area (Å²) in [6.45, 7) is 4.76. The Hall–Kier alpha value is -4.17. The summed E-state index contributed by atoms with van der Waals surface area (Å²) in [5.74, 6) is -0.0488. The third-order valence-corrected chi connectivity index (χ3v) is 6.96.